The normalized spacial score (nSPS) is 13.9. The highest BCUT2D eigenvalue weighted by Gasteiger charge is 2.34. The van der Waals surface area contributed by atoms with Crippen molar-refractivity contribution in [2.75, 3.05) is 29.2 Å². The van der Waals surface area contributed by atoms with Gasteiger partial charge < -0.3 is 20.3 Å². The Balaban J connectivity index is 1.73. The molecule has 0 unspecified atom stereocenters. The van der Waals surface area contributed by atoms with Gasteiger partial charge in [0.15, 0.2) is 0 Å². The fourth-order valence-electron chi connectivity index (χ4n) is 3.09. The Kier molecular flexibility index (Phi) is 5.95. The molecule has 0 spiro atoms. The highest BCUT2D eigenvalue weighted by Crippen LogP contribution is 2.35. The van der Waals surface area contributed by atoms with Gasteiger partial charge in [-0.1, -0.05) is 12.1 Å². The zero-order valence-corrected chi connectivity index (χ0v) is 15.9. The van der Waals surface area contributed by atoms with Crippen LogP contribution in [0.4, 0.5) is 30.2 Å². The van der Waals surface area contributed by atoms with Gasteiger partial charge in [-0.05, 0) is 30.7 Å². The minimum absolute atomic E-state index is 0.0483. The fraction of sp³-hybridized carbons (Fsp3) is 0.250. The number of nitrogens with one attached hydrogen (secondary N) is 2. The number of rotatable bonds is 4. The molecule has 0 radical (unpaired) electrons. The van der Waals surface area contributed by atoms with Crippen molar-refractivity contribution in [1.29, 1.82) is 0 Å². The molecular formula is C20H18F3N3O4. The van der Waals surface area contributed by atoms with Gasteiger partial charge >= 0.3 is 18.0 Å². The molecule has 0 bridgehead atoms. The van der Waals surface area contributed by atoms with E-state index in [0.717, 1.165) is 18.6 Å². The number of carbonyl (C=O) groups is 3. The van der Waals surface area contributed by atoms with Gasteiger partial charge in [-0.2, -0.15) is 13.2 Å². The molecule has 0 atom stereocenters. The van der Waals surface area contributed by atoms with Crippen molar-refractivity contribution in [3.8, 4) is 5.75 Å². The lowest BCUT2D eigenvalue weighted by atomic mass is 10.1. The third kappa shape index (κ3) is 4.53. The van der Waals surface area contributed by atoms with Crippen LogP contribution in [0.15, 0.2) is 42.5 Å². The molecule has 1 aliphatic heterocycles. The Bertz CT molecular complexity index is 992. The zero-order valence-electron chi connectivity index (χ0n) is 15.9. The van der Waals surface area contributed by atoms with Gasteiger partial charge in [0.2, 0.25) is 5.91 Å². The van der Waals surface area contributed by atoms with Crippen molar-refractivity contribution in [1.82, 2.24) is 0 Å². The number of alkyl halides is 3. The smallest absolute Gasteiger partial charge is 0.418 e. The second-order valence-corrected chi connectivity index (χ2v) is 6.49. The van der Waals surface area contributed by atoms with Crippen LogP contribution >= 0.6 is 0 Å². The topological polar surface area (TPSA) is 87.7 Å². The van der Waals surface area contributed by atoms with Crippen molar-refractivity contribution in [2.45, 2.75) is 19.0 Å². The van der Waals surface area contributed by atoms with Crippen molar-refractivity contribution in [3.63, 3.8) is 0 Å². The number of hydrogen-bond acceptors (Lipinski definition) is 4. The Morgan fingerprint density at radius 3 is 2.40 bits per heavy atom. The summed E-state index contributed by atoms with van der Waals surface area (Å²) in [4.78, 5) is 37.8. The van der Waals surface area contributed by atoms with Crippen molar-refractivity contribution < 1.29 is 32.3 Å². The second-order valence-electron chi connectivity index (χ2n) is 6.49. The minimum Gasteiger partial charge on any atom is -0.494 e. The van der Waals surface area contributed by atoms with Gasteiger partial charge in [0.05, 0.1) is 24.0 Å². The number of methoxy groups -OCH3 is 1. The summed E-state index contributed by atoms with van der Waals surface area (Å²) in [6.07, 6.45) is -3.53. The first-order chi connectivity index (χ1) is 14.2. The highest BCUT2D eigenvalue weighted by atomic mass is 19.4. The van der Waals surface area contributed by atoms with Crippen LogP contribution in [0.5, 0.6) is 5.75 Å². The number of nitrogens with zero attached hydrogens (tertiary/aromatic N) is 1. The predicted octanol–water partition coefficient (Wildman–Crippen LogP) is 3.42. The number of halogens is 3. The van der Waals surface area contributed by atoms with E-state index < -0.39 is 29.2 Å². The summed E-state index contributed by atoms with van der Waals surface area (Å²) in [7, 11) is 1.39. The lowest BCUT2D eigenvalue weighted by molar-refractivity contribution is -0.137. The van der Waals surface area contributed by atoms with Crippen LogP contribution in [-0.4, -0.2) is 31.4 Å². The Morgan fingerprint density at radius 1 is 1.07 bits per heavy atom. The van der Waals surface area contributed by atoms with Gasteiger partial charge in [0.1, 0.15) is 5.75 Å². The summed E-state index contributed by atoms with van der Waals surface area (Å²) in [5.74, 6) is -2.15. The quantitative estimate of drug-likeness (QED) is 0.741. The summed E-state index contributed by atoms with van der Waals surface area (Å²) in [5, 5.41) is 4.28. The summed E-state index contributed by atoms with van der Waals surface area (Å²) in [6, 6.07) is 8.81. The number of amides is 3. The molecule has 2 N–H and O–H groups in total. The van der Waals surface area contributed by atoms with E-state index in [1.54, 1.807) is 11.0 Å². The first-order valence-corrected chi connectivity index (χ1v) is 8.97. The van der Waals surface area contributed by atoms with Gasteiger partial charge in [0, 0.05) is 24.7 Å². The molecule has 1 fully saturated rings. The number of ether oxygens (including phenoxy) is 1. The summed E-state index contributed by atoms with van der Waals surface area (Å²) in [5.41, 5.74) is -0.869. The Labute approximate surface area is 169 Å². The molecule has 10 heteroatoms. The van der Waals surface area contributed by atoms with Gasteiger partial charge in [-0.15, -0.1) is 0 Å². The molecule has 1 heterocycles. The summed E-state index contributed by atoms with van der Waals surface area (Å²) in [6.45, 7) is 0.544. The molecule has 2 aromatic rings. The Morgan fingerprint density at radius 2 is 1.77 bits per heavy atom. The van der Waals surface area contributed by atoms with Crippen LogP contribution in [0.2, 0.25) is 0 Å². The van der Waals surface area contributed by atoms with Gasteiger partial charge in [0.25, 0.3) is 0 Å². The summed E-state index contributed by atoms with van der Waals surface area (Å²) < 4.78 is 44.4. The number of carbonyl (C=O) groups excluding carboxylic acids is 3. The lowest BCUT2D eigenvalue weighted by Gasteiger charge is -2.19. The SMILES string of the molecule is COc1cc(NC(=O)C(=O)Nc2ccccc2C(F)(F)F)ccc1N1CCCC1=O. The molecule has 30 heavy (non-hydrogen) atoms. The standard InChI is InChI=1S/C20H18F3N3O4/c1-30-16-11-12(8-9-15(16)26-10-4-7-17(26)27)24-18(28)19(29)25-14-6-3-2-5-13(14)20(21,22)23/h2-3,5-6,8-9,11H,4,7,10H2,1H3,(H,24,28)(H,25,29). The van der Waals surface area contributed by atoms with Crippen molar-refractivity contribution in [2.24, 2.45) is 0 Å². The van der Waals surface area contributed by atoms with E-state index in [1.807, 2.05) is 5.32 Å². The molecule has 0 aromatic heterocycles. The van der Waals surface area contributed by atoms with Crippen LogP contribution in [-0.2, 0) is 20.6 Å². The van der Waals surface area contributed by atoms with Crippen LogP contribution in [0.3, 0.4) is 0 Å². The molecule has 7 nitrogen and oxygen atoms in total. The highest BCUT2D eigenvalue weighted by molar-refractivity contribution is 6.43. The number of hydrogen-bond donors (Lipinski definition) is 2. The maximum Gasteiger partial charge on any atom is 0.418 e. The van der Waals surface area contributed by atoms with Crippen LogP contribution in [0.1, 0.15) is 18.4 Å². The van der Waals surface area contributed by atoms with Crippen LogP contribution in [0.25, 0.3) is 0 Å². The molecule has 3 rings (SSSR count). The molecule has 2 aromatic carbocycles. The van der Waals surface area contributed by atoms with Crippen LogP contribution < -0.4 is 20.3 Å². The predicted molar refractivity (Wildman–Crippen MR) is 103 cm³/mol. The molecule has 3 amide bonds. The number of para-hydroxylation sites is 1. The maximum atomic E-state index is 13.0. The minimum atomic E-state index is -4.68. The van der Waals surface area contributed by atoms with E-state index in [4.69, 9.17) is 4.74 Å². The molecule has 158 valence electrons. The first-order valence-electron chi connectivity index (χ1n) is 8.97. The van der Waals surface area contributed by atoms with Crippen molar-refractivity contribution in [3.05, 3.63) is 48.0 Å². The zero-order chi connectivity index (χ0) is 21.9. The maximum absolute atomic E-state index is 13.0. The summed E-state index contributed by atoms with van der Waals surface area (Å²) >= 11 is 0. The number of anilines is 3. The van der Waals surface area contributed by atoms with E-state index in [1.165, 1.54) is 31.4 Å². The molecular weight excluding hydrogens is 403 g/mol. The van der Waals surface area contributed by atoms with E-state index >= 15 is 0 Å². The molecule has 1 saturated heterocycles. The van der Waals surface area contributed by atoms with Crippen molar-refractivity contribution >= 4 is 34.8 Å². The lowest BCUT2D eigenvalue weighted by Crippen LogP contribution is -2.30. The van der Waals surface area contributed by atoms with Gasteiger partial charge in [-0.25, -0.2) is 0 Å². The fourth-order valence-corrected chi connectivity index (χ4v) is 3.09. The van der Waals surface area contributed by atoms with Gasteiger partial charge in [-0.3, -0.25) is 14.4 Å². The van der Waals surface area contributed by atoms with E-state index in [2.05, 4.69) is 5.32 Å². The monoisotopic (exact) mass is 421 g/mol. The largest absolute Gasteiger partial charge is 0.494 e. The average molecular weight is 421 g/mol. The average Bonchev–Trinajstić information content (AvgIpc) is 3.13. The van der Waals surface area contributed by atoms with E-state index in [0.29, 0.717) is 24.4 Å². The van der Waals surface area contributed by atoms with E-state index in [-0.39, 0.29) is 11.6 Å². The molecule has 1 aliphatic rings. The third-order valence-corrected chi connectivity index (χ3v) is 4.49. The van der Waals surface area contributed by atoms with E-state index in [9.17, 15) is 27.6 Å². The third-order valence-electron chi connectivity index (χ3n) is 4.49. The molecule has 0 aliphatic carbocycles. The Hall–Kier alpha value is -3.56. The first kappa shape index (κ1) is 21.2. The molecule has 0 saturated carbocycles. The van der Waals surface area contributed by atoms with Crippen LogP contribution in [0, 0.1) is 0 Å². The number of benzene rings is 2. The second kappa shape index (κ2) is 8.44.